The first-order chi connectivity index (χ1) is 8.43. The van der Waals surface area contributed by atoms with Crippen molar-refractivity contribution in [1.29, 1.82) is 0 Å². The molecule has 8 heteroatoms. The Kier molecular flexibility index (Phi) is 3.16. The van der Waals surface area contributed by atoms with Crippen molar-refractivity contribution in [3.8, 4) is 0 Å². The fraction of sp³-hybridized carbons (Fsp3) is 0.300. The van der Waals surface area contributed by atoms with Crippen LogP contribution < -0.4 is 0 Å². The highest BCUT2D eigenvalue weighted by molar-refractivity contribution is 6.21. The van der Waals surface area contributed by atoms with Crippen molar-refractivity contribution in [2.75, 3.05) is 6.61 Å². The quantitative estimate of drug-likeness (QED) is 0.636. The lowest BCUT2D eigenvalue weighted by atomic mass is 10.4. The zero-order chi connectivity index (χ0) is 13.3. The highest BCUT2D eigenvalue weighted by Crippen LogP contribution is 2.31. The molecule has 0 saturated carbocycles. The standard InChI is InChI=1S/C10H8ClF2N3O2/c1-2-18-9(17)6-5-8-14-4-3-7(10(11,12)13)16(8)15-6/h3-5H,2H2,1H3. The molecule has 0 aliphatic carbocycles. The van der Waals surface area contributed by atoms with E-state index in [1.165, 1.54) is 6.07 Å². The second kappa shape index (κ2) is 4.49. The Hall–Kier alpha value is -1.76. The van der Waals surface area contributed by atoms with E-state index >= 15 is 0 Å². The zero-order valence-electron chi connectivity index (χ0n) is 9.23. The largest absolute Gasteiger partial charge is 0.461 e. The third-order valence-corrected chi connectivity index (χ3v) is 2.33. The number of halogens is 3. The summed E-state index contributed by atoms with van der Waals surface area (Å²) in [5, 5.41) is 0.115. The second-order valence-corrected chi connectivity index (χ2v) is 3.82. The molecule has 2 rings (SSSR count). The van der Waals surface area contributed by atoms with Gasteiger partial charge in [-0.3, -0.25) is 0 Å². The summed E-state index contributed by atoms with van der Waals surface area (Å²) in [6.45, 7) is 1.79. The molecule has 0 amide bonds. The van der Waals surface area contributed by atoms with E-state index in [1.807, 2.05) is 0 Å². The number of carbonyl (C=O) groups is 1. The molecule has 0 aliphatic heterocycles. The van der Waals surface area contributed by atoms with Gasteiger partial charge in [0.25, 0.3) is 0 Å². The highest BCUT2D eigenvalue weighted by atomic mass is 35.5. The van der Waals surface area contributed by atoms with Crippen molar-refractivity contribution >= 4 is 23.2 Å². The Morgan fingerprint density at radius 2 is 2.33 bits per heavy atom. The van der Waals surface area contributed by atoms with Crippen LogP contribution in [0.1, 0.15) is 23.1 Å². The van der Waals surface area contributed by atoms with Gasteiger partial charge in [-0.15, -0.1) is 0 Å². The van der Waals surface area contributed by atoms with Crippen LogP contribution in [0.15, 0.2) is 18.3 Å². The number of fused-ring (bicyclic) bond motifs is 1. The van der Waals surface area contributed by atoms with E-state index in [2.05, 4.69) is 10.1 Å². The maximum Gasteiger partial charge on any atom is 0.364 e. The normalized spacial score (nSPS) is 11.8. The molecule has 0 N–H and O–H groups in total. The van der Waals surface area contributed by atoms with Gasteiger partial charge in [-0.25, -0.2) is 14.3 Å². The van der Waals surface area contributed by atoms with Gasteiger partial charge in [0.2, 0.25) is 0 Å². The van der Waals surface area contributed by atoms with Gasteiger partial charge in [0.1, 0.15) is 5.69 Å². The molecule has 5 nitrogen and oxygen atoms in total. The Labute approximate surface area is 105 Å². The lowest BCUT2D eigenvalue weighted by molar-refractivity contribution is 0.0517. The van der Waals surface area contributed by atoms with Crippen molar-refractivity contribution in [3.63, 3.8) is 0 Å². The van der Waals surface area contributed by atoms with E-state index in [0.717, 1.165) is 16.8 Å². The lowest BCUT2D eigenvalue weighted by Gasteiger charge is -2.08. The molecule has 0 aliphatic rings. The smallest absolute Gasteiger partial charge is 0.364 e. The summed E-state index contributed by atoms with van der Waals surface area (Å²) in [5.41, 5.74) is -0.571. The van der Waals surface area contributed by atoms with Crippen molar-refractivity contribution in [1.82, 2.24) is 14.6 Å². The molecule has 0 aromatic carbocycles. The minimum absolute atomic E-state index is 0.0934. The van der Waals surface area contributed by atoms with Gasteiger partial charge in [-0.1, -0.05) is 0 Å². The number of rotatable bonds is 3. The average Bonchev–Trinajstić information content (AvgIpc) is 2.71. The first kappa shape index (κ1) is 12.7. The average molecular weight is 276 g/mol. The fourth-order valence-electron chi connectivity index (χ4n) is 1.41. The third kappa shape index (κ3) is 2.26. The molecule has 0 radical (unpaired) electrons. The topological polar surface area (TPSA) is 56.5 Å². The van der Waals surface area contributed by atoms with Gasteiger partial charge >= 0.3 is 11.4 Å². The monoisotopic (exact) mass is 275 g/mol. The maximum atomic E-state index is 13.1. The highest BCUT2D eigenvalue weighted by Gasteiger charge is 2.32. The molecule has 18 heavy (non-hydrogen) atoms. The Balaban J connectivity index is 2.55. The number of nitrogens with zero attached hydrogens (tertiary/aromatic N) is 3. The van der Waals surface area contributed by atoms with Gasteiger partial charge in [0.15, 0.2) is 11.3 Å². The van der Waals surface area contributed by atoms with E-state index in [9.17, 15) is 13.6 Å². The minimum Gasteiger partial charge on any atom is -0.461 e. The molecule has 96 valence electrons. The van der Waals surface area contributed by atoms with Crippen molar-refractivity contribution < 1.29 is 18.3 Å². The molecule has 2 heterocycles. The van der Waals surface area contributed by atoms with Crippen molar-refractivity contribution in [3.05, 3.63) is 29.7 Å². The molecule has 0 atom stereocenters. The molecule has 0 spiro atoms. The first-order valence-electron chi connectivity index (χ1n) is 5.02. The third-order valence-electron chi connectivity index (χ3n) is 2.13. The Morgan fingerprint density at radius 3 is 2.94 bits per heavy atom. The molecule has 2 aromatic heterocycles. The summed E-state index contributed by atoms with van der Waals surface area (Å²) in [6, 6.07) is 2.28. The second-order valence-electron chi connectivity index (χ2n) is 3.35. The molecule has 0 fully saturated rings. The van der Waals surface area contributed by atoms with Crippen LogP contribution in [0.25, 0.3) is 5.65 Å². The van der Waals surface area contributed by atoms with Gasteiger partial charge in [-0.2, -0.15) is 13.9 Å². The number of hydrogen-bond donors (Lipinski definition) is 0. The Bertz CT molecular complexity index is 594. The first-order valence-corrected chi connectivity index (χ1v) is 5.40. The van der Waals surface area contributed by atoms with Crippen LogP contribution in [0, 0.1) is 0 Å². The van der Waals surface area contributed by atoms with Crippen LogP contribution in [0.2, 0.25) is 0 Å². The predicted octanol–water partition coefficient (Wildman–Crippen LogP) is 2.19. The van der Waals surface area contributed by atoms with E-state index < -0.39 is 17.0 Å². The van der Waals surface area contributed by atoms with Crippen LogP contribution in [-0.4, -0.2) is 27.2 Å². The summed E-state index contributed by atoms with van der Waals surface area (Å²) in [7, 11) is 0. The van der Waals surface area contributed by atoms with Gasteiger partial charge in [0, 0.05) is 12.3 Å². The van der Waals surface area contributed by atoms with E-state index in [0.29, 0.717) is 0 Å². The molecular weight excluding hydrogens is 268 g/mol. The van der Waals surface area contributed by atoms with E-state index in [1.54, 1.807) is 6.92 Å². The van der Waals surface area contributed by atoms with Crippen LogP contribution in [0.4, 0.5) is 8.78 Å². The number of aromatic nitrogens is 3. The minimum atomic E-state index is -3.60. The molecule has 0 unspecified atom stereocenters. The van der Waals surface area contributed by atoms with Crippen LogP contribution in [0.3, 0.4) is 0 Å². The van der Waals surface area contributed by atoms with Gasteiger partial charge < -0.3 is 4.74 Å². The number of alkyl halides is 3. The number of hydrogen-bond acceptors (Lipinski definition) is 4. The van der Waals surface area contributed by atoms with Crippen LogP contribution in [0.5, 0.6) is 0 Å². The number of esters is 1. The summed E-state index contributed by atoms with van der Waals surface area (Å²) in [5.74, 6) is -0.702. The van der Waals surface area contributed by atoms with Gasteiger partial charge in [-0.05, 0) is 24.6 Å². The fourth-order valence-corrected chi connectivity index (χ4v) is 1.56. The van der Waals surface area contributed by atoms with Gasteiger partial charge in [0.05, 0.1) is 6.61 Å². The number of carbonyl (C=O) groups excluding carboxylic acids is 1. The Morgan fingerprint density at radius 1 is 1.61 bits per heavy atom. The zero-order valence-corrected chi connectivity index (χ0v) is 9.99. The maximum absolute atomic E-state index is 13.1. The van der Waals surface area contributed by atoms with Crippen molar-refractivity contribution in [2.24, 2.45) is 0 Å². The SMILES string of the molecule is CCOC(=O)c1cc2nccc(C(F)(F)Cl)n2n1. The number of ether oxygens (including phenoxy) is 1. The van der Waals surface area contributed by atoms with Crippen LogP contribution in [-0.2, 0) is 10.1 Å². The van der Waals surface area contributed by atoms with E-state index in [-0.39, 0.29) is 17.9 Å². The molecule has 0 saturated heterocycles. The summed E-state index contributed by atoms with van der Waals surface area (Å²) < 4.78 is 31.7. The summed E-state index contributed by atoms with van der Waals surface area (Å²) in [4.78, 5) is 15.2. The molecular formula is C10H8ClF2N3O2. The molecule has 0 bridgehead atoms. The van der Waals surface area contributed by atoms with E-state index in [4.69, 9.17) is 16.3 Å². The predicted molar refractivity (Wildman–Crippen MR) is 58.7 cm³/mol. The van der Waals surface area contributed by atoms with Crippen LogP contribution >= 0.6 is 11.6 Å². The summed E-state index contributed by atoms with van der Waals surface area (Å²) in [6.07, 6.45) is 1.16. The molecule has 2 aromatic rings. The summed E-state index contributed by atoms with van der Waals surface area (Å²) >= 11 is 4.95. The lowest BCUT2D eigenvalue weighted by Crippen LogP contribution is -2.12. The van der Waals surface area contributed by atoms with Crippen molar-refractivity contribution in [2.45, 2.75) is 12.3 Å².